The third kappa shape index (κ3) is 6.15. The summed E-state index contributed by atoms with van der Waals surface area (Å²) in [6.07, 6.45) is 6.58. The molecule has 0 amide bonds. The van der Waals surface area contributed by atoms with E-state index in [2.05, 4.69) is 223 Å². The van der Waals surface area contributed by atoms with Crippen LogP contribution in [0.15, 0.2) is 223 Å². The van der Waals surface area contributed by atoms with Crippen LogP contribution in [0, 0.1) is 0 Å². The average molecular weight is 810 g/mol. The second-order valence-corrected chi connectivity index (χ2v) is 17.4. The summed E-state index contributed by atoms with van der Waals surface area (Å²) in [4.78, 5) is 2.49. The lowest BCUT2D eigenvalue weighted by Gasteiger charge is -2.35. The van der Waals surface area contributed by atoms with E-state index in [0.717, 1.165) is 44.6 Å². The van der Waals surface area contributed by atoms with Crippen molar-refractivity contribution in [2.24, 2.45) is 0 Å². The lowest BCUT2D eigenvalue weighted by molar-refractivity contribution is 0.443. The zero-order valence-corrected chi connectivity index (χ0v) is 35.3. The molecule has 0 spiro atoms. The zero-order valence-electron chi connectivity index (χ0n) is 35.3. The Labute approximate surface area is 369 Å². The lowest BCUT2D eigenvalue weighted by atomic mass is 9.67. The van der Waals surface area contributed by atoms with Crippen LogP contribution in [0.1, 0.15) is 65.8 Å². The molecule has 2 aliphatic carbocycles. The van der Waals surface area contributed by atoms with Crippen LogP contribution in [0.5, 0.6) is 0 Å². The number of hydrogen-bond acceptors (Lipinski definition) is 2. The Morgan fingerprint density at radius 3 is 1.76 bits per heavy atom. The zero-order chi connectivity index (χ0) is 41.7. The highest BCUT2D eigenvalue weighted by Crippen LogP contribution is 2.57. The third-order valence-corrected chi connectivity index (χ3v) is 14.0. The monoisotopic (exact) mass is 809 g/mol. The molecule has 9 aromatic carbocycles. The van der Waals surface area contributed by atoms with Crippen LogP contribution in [-0.2, 0) is 5.41 Å². The summed E-state index contributed by atoms with van der Waals surface area (Å²) in [5, 5.41) is 2.18. The van der Waals surface area contributed by atoms with Crippen LogP contribution in [0.25, 0.3) is 55.3 Å². The van der Waals surface area contributed by atoms with Crippen LogP contribution < -0.4 is 4.90 Å². The topological polar surface area (TPSA) is 16.4 Å². The first kappa shape index (κ1) is 37.4. The van der Waals surface area contributed by atoms with E-state index in [1.54, 1.807) is 0 Å². The van der Waals surface area contributed by atoms with Crippen molar-refractivity contribution in [1.82, 2.24) is 0 Å². The van der Waals surface area contributed by atoms with E-state index in [9.17, 15) is 0 Å². The normalized spacial score (nSPS) is 14.4. The van der Waals surface area contributed by atoms with Crippen LogP contribution in [-0.4, -0.2) is 0 Å². The molecule has 2 nitrogen and oxygen atoms in total. The van der Waals surface area contributed by atoms with Crippen molar-refractivity contribution in [2.75, 3.05) is 4.90 Å². The maximum absolute atomic E-state index is 6.72. The summed E-state index contributed by atoms with van der Waals surface area (Å²) in [5.41, 5.74) is 18.3. The average Bonchev–Trinajstić information content (AvgIpc) is 3.89. The minimum absolute atomic E-state index is 0.538. The molecule has 1 fully saturated rings. The van der Waals surface area contributed by atoms with E-state index in [-0.39, 0.29) is 0 Å². The second kappa shape index (κ2) is 15.5. The number of hydrogen-bond donors (Lipinski definition) is 0. The smallest absolute Gasteiger partial charge is 0.137 e. The molecule has 0 bridgehead atoms. The van der Waals surface area contributed by atoms with E-state index in [0.29, 0.717) is 5.92 Å². The van der Waals surface area contributed by atoms with Crippen LogP contribution in [0.3, 0.4) is 0 Å². The molecule has 0 unspecified atom stereocenters. The highest BCUT2D eigenvalue weighted by atomic mass is 16.3. The van der Waals surface area contributed by atoms with E-state index in [1.165, 1.54) is 87.7 Å². The summed E-state index contributed by atoms with van der Waals surface area (Å²) < 4.78 is 6.72. The first-order valence-electron chi connectivity index (χ1n) is 22.6. The summed E-state index contributed by atoms with van der Waals surface area (Å²) in [6, 6.07) is 80.6. The van der Waals surface area contributed by atoms with E-state index >= 15 is 0 Å². The van der Waals surface area contributed by atoms with Gasteiger partial charge in [-0.25, -0.2) is 0 Å². The Morgan fingerprint density at radius 1 is 0.413 bits per heavy atom. The van der Waals surface area contributed by atoms with Gasteiger partial charge < -0.3 is 9.32 Å². The highest BCUT2D eigenvalue weighted by molar-refractivity contribution is 6.14. The Balaban J connectivity index is 1.11. The Bertz CT molecular complexity index is 3220. The standard InChI is InChI=1S/C61H47NO/c1-4-18-42(19-5-1)44-34-36-45(37-35-44)50-26-12-15-31-56(50)62(57-32-17-33-59-60(57)53-40-46(38-39-58(53)63-59)43-20-6-2-7-21-43)49-25-16-24-48(41-49)61(47-22-8-3-9-23-47)54-29-13-10-27-51(54)52-28-11-14-30-55(52)61/h2-3,6-17,20-42H,1,4-5,18-19H2. The summed E-state index contributed by atoms with van der Waals surface area (Å²) in [7, 11) is 0. The van der Waals surface area contributed by atoms with Gasteiger partial charge in [0, 0.05) is 16.6 Å². The fourth-order valence-electron chi connectivity index (χ4n) is 11.1. The second-order valence-electron chi connectivity index (χ2n) is 17.4. The van der Waals surface area contributed by atoms with Gasteiger partial charge in [0.15, 0.2) is 0 Å². The number of nitrogens with zero attached hydrogens (tertiary/aromatic N) is 1. The molecule has 0 N–H and O–H groups in total. The minimum Gasteiger partial charge on any atom is -0.456 e. The molecule has 63 heavy (non-hydrogen) atoms. The van der Waals surface area contributed by atoms with Crippen molar-refractivity contribution in [1.29, 1.82) is 0 Å². The maximum atomic E-state index is 6.72. The van der Waals surface area contributed by atoms with Gasteiger partial charge in [0.05, 0.1) is 22.2 Å². The van der Waals surface area contributed by atoms with Gasteiger partial charge in [-0.15, -0.1) is 0 Å². The first-order valence-corrected chi connectivity index (χ1v) is 22.6. The fourth-order valence-corrected chi connectivity index (χ4v) is 11.1. The molecular weight excluding hydrogens is 763 g/mol. The highest BCUT2D eigenvalue weighted by Gasteiger charge is 2.46. The molecular formula is C61H47NO. The van der Waals surface area contributed by atoms with Gasteiger partial charge in [-0.2, -0.15) is 0 Å². The van der Waals surface area contributed by atoms with Gasteiger partial charge in [-0.3, -0.25) is 0 Å². The molecule has 1 saturated carbocycles. The van der Waals surface area contributed by atoms with Gasteiger partial charge in [-0.05, 0) is 117 Å². The van der Waals surface area contributed by atoms with Crippen molar-refractivity contribution in [2.45, 2.75) is 43.4 Å². The van der Waals surface area contributed by atoms with Gasteiger partial charge in [0.25, 0.3) is 0 Å². The van der Waals surface area contributed by atoms with E-state index in [1.807, 2.05) is 0 Å². The number of furan rings is 1. The molecule has 10 aromatic rings. The molecule has 0 radical (unpaired) electrons. The number of benzene rings is 9. The first-order chi connectivity index (χ1) is 31.3. The summed E-state index contributed by atoms with van der Waals surface area (Å²) >= 11 is 0. The Morgan fingerprint density at radius 2 is 1.02 bits per heavy atom. The molecule has 12 rings (SSSR count). The van der Waals surface area contributed by atoms with Gasteiger partial charge in [0.1, 0.15) is 11.2 Å². The van der Waals surface area contributed by atoms with Gasteiger partial charge >= 0.3 is 0 Å². The van der Waals surface area contributed by atoms with Gasteiger partial charge in [-0.1, -0.05) is 195 Å². The van der Waals surface area contributed by atoms with Crippen molar-refractivity contribution < 1.29 is 4.42 Å². The predicted octanol–water partition coefficient (Wildman–Crippen LogP) is 16.8. The fraction of sp³-hybridized carbons (Fsp3) is 0.115. The van der Waals surface area contributed by atoms with Gasteiger partial charge in [0.2, 0.25) is 0 Å². The quantitative estimate of drug-likeness (QED) is 0.152. The number of anilines is 3. The van der Waals surface area contributed by atoms with Crippen molar-refractivity contribution in [3.8, 4) is 33.4 Å². The minimum atomic E-state index is -0.538. The molecule has 1 heterocycles. The number of para-hydroxylation sites is 1. The molecule has 302 valence electrons. The molecule has 0 aliphatic heterocycles. The van der Waals surface area contributed by atoms with E-state index in [4.69, 9.17) is 4.42 Å². The summed E-state index contributed by atoms with van der Waals surface area (Å²) in [6.45, 7) is 0. The van der Waals surface area contributed by atoms with E-state index < -0.39 is 5.41 Å². The molecule has 2 heteroatoms. The van der Waals surface area contributed by atoms with Crippen molar-refractivity contribution >= 4 is 39.0 Å². The van der Waals surface area contributed by atoms with Crippen LogP contribution in [0.4, 0.5) is 17.1 Å². The summed E-state index contributed by atoms with van der Waals surface area (Å²) in [5.74, 6) is 0.651. The van der Waals surface area contributed by atoms with Crippen molar-refractivity contribution in [3.05, 3.63) is 246 Å². The molecule has 0 saturated heterocycles. The Kier molecular flexibility index (Phi) is 9.18. The maximum Gasteiger partial charge on any atom is 0.137 e. The molecule has 1 aromatic heterocycles. The molecule has 2 aliphatic rings. The van der Waals surface area contributed by atoms with Crippen LogP contribution >= 0.6 is 0 Å². The predicted molar refractivity (Wildman–Crippen MR) is 262 cm³/mol. The Hall–Kier alpha value is -7.42. The largest absolute Gasteiger partial charge is 0.456 e. The number of rotatable bonds is 8. The SMILES string of the molecule is c1ccc(-c2ccc3oc4cccc(N(c5cccc(C6(c7ccccc7)c7ccccc7-c7ccccc76)c5)c5ccccc5-c5ccc(C6CCCCC6)cc5)c4c3c2)cc1. The lowest BCUT2D eigenvalue weighted by Crippen LogP contribution is -2.28. The van der Waals surface area contributed by atoms with Crippen LogP contribution in [0.2, 0.25) is 0 Å². The van der Waals surface area contributed by atoms with Crippen molar-refractivity contribution in [3.63, 3.8) is 0 Å². The third-order valence-electron chi connectivity index (χ3n) is 14.0. The molecule has 0 atom stereocenters. The number of fused-ring (bicyclic) bond motifs is 6.